The molecule has 4 nitrogen and oxygen atoms in total. The molecule has 29 heavy (non-hydrogen) atoms. The van der Waals surface area contributed by atoms with Gasteiger partial charge in [0.25, 0.3) is 0 Å². The number of aryl methyl sites for hydroxylation is 1. The predicted octanol–water partition coefficient (Wildman–Crippen LogP) is 3.37. The quantitative estimate of drug-likeness (QED) is 0.850. The summed E-state index contributed by atoms with van der Waals surface area (Å²) in [5.41, 5.74) is 10.2. The number of hydrogen-bond donors (Lipinski definition) is 1. The van der Waals surface area contributed by atoms with Crippen molar-refractivity contribution in [3.63, 3.8) is 0 Å². The average Bonchev–Trinajstić information content (AvgIpc) is 3.19. The summed E-state index contributed by atoms with van der Waals surface area (Å²) in [6.45, 7) is 2.00. The molecule has 0 bridgehead atoms. The van der Waals surface area contributed by atoms with Crippen LogP contribution in [0.5, 0.6) is 0 Å². The Hall–Kier alpha value is -2.17. The van der Waals surface area contributed by atoms with Gasteiger partial charge in [0.1, 0.15) is 0 Å². The zero-order chi connectivity index (χ0) is 20.4. The molecule has 1 aliphatic heterocycles. The van der Waals surface area contributed by atoms with E-state index in [9.17, 15) is 4.79 Å². The van der Waals surface area contributed by atoms with Crippen molar-refractivity contribution in [1.82, 2.24) is 9.80 Å². The summed E-state index contributed by atoms with van der Waals surface area (Å²) in [4.78, 5) is 17.9. The Balaban J connectivity index is 1.50. The second-order valence-corrected chi connectivity index (χ2v) is 8.80. The number of piperidine rings is 1. The number of rotatable bonds is 5. The highest BCUT2D eigenvalue weighted by Gasteiger charge is 2.42. The third-order valence-corrected chi connectivity index (χ3v) is 7.31. The Morgan fingerprint density at radius 3 is 2.41 bits per heavy atom. The monoisotopic (exact) mass is 391 g/mol. The molecule has 1 heterocycles. The van der Waals surface area contributed by atoms with Gasteiger partial charge in [-0.3, -0.25) is 9.69 Å². The number of fused-ring (bicyclic) bond motifs is 1. The lowest BCUT2D eigenvalue weighted by Crippen LogP contribution is -2.53. The summed E-state index contributed by atoms with van der Waals surface area (Å²) in [6, 6.07) is 19.3. The molecule has 0 unspecified atom stereocenters. The molecule has 1 saturated heterocycles. The molecular formula is C25H33N3O. The lowest BCUT2D eigenvalue weighted by molar-refractivity contribution is -0.138. The second kappa shape index (κ2) is 8.29. The maximum atomic E-state index is 13.5. The van der Waals surface area contributed by atoms with Crippen LogP contribution in [0.4, 0.5) is 0 Å². The molecule has 1 aliphatic carbocycles. The van der Waals surface area contributed by atoms with Crippen LogP contribution in [-0.2, 0) is 16.8 Å². The van der Waals surface area contributed by atoms with Gasteiger partial charge in [0.2, 0.25) is 5.91 Å². The lowest BCUT2D eigenvalue weighted by Gasteiger charge is -2.47. The van der Waals surface area contributed by atoms with Crippen LogP contribution >= 0.6 is 0 Å². The molecule has 2 atom stereocenters. The number of amides is 1. The van der Waals surface area contributed by atoms with Gasteiger partial charge in [0, 0.05) is 25.2 Å². The Morgan fingerprint density at radius 1 is 1.10 bits per heavy atom. The summed E-state index contributed by atoms with van der Waals surface area (Å²) >= 11 is 0. The topological polar surface area (TPSA) is 49.6 Å². The third kappa shape index (κ3) is 3.60. The van der Waals surface area contributed by atoms with Crippen molar-refractivity contribution in [1.29, 1.82) is 0 Å². The molecule has 154 valence electrons. The molecular weight excluding hydrogens is 358 g/mol. The zero-order valence-corrected chi connectivity index (χ0v) is 17.7. The van der Waals surface area contributed by atoms with Crippen LogP contribution < -0.4 is 5.73 Å². The second-order valence-electron chi connectivity index (χ2n) is 8.80. The lowest BCUT2D eigenvalue weighted by atomic mass is 9.79. The van der Waals surface area contributed by atoms with Gasteiger partial charge in [0.05, 0.1) is 5.92 Å². The van der Waals surface area contributed by atoms with Crippen LogP contribution in [0.15, 0.2) is 54.6 Å². The molecule has 1 amide bonds. The summed E-state index contributed by atoms with van der Waals surface area (Å²) in [6.07, 6.45) is 4.00. The zero-order valence-electron chi connectivity index (χ0n) is 17.7. The van der Waals surface area contributed by atoms with Gasteiger partial charge in [-0.1, -0.05) is 54.6 Å². The molecule has 2 aliphatic rings. The van der Waals surface area contributed by atoms with E-state index in [0.717, 1.165) is 38.8 Å². The molecule has 0 saturated carbocycles. The smallest absolute Gasteiger partial charge is 0.227 e. The Kier molecular flexibility index (Phi) is 5.75. The van der Waals surface area contributed by atoms with Gasteiger partial charge < -0.3 is 10.6 Å². The van der Waals surface area contributed by atoms with E-state index in [2.05, 4.69) is 78.5 Å². The standard InChI is InChI=1S/C25H33N3O/c1-27(2)25(20-9-4-3-5-10-20)14-16-28(17-15-25)24(29)23(18-26)22-13-12-19-8-6-7-11-21(19)22/h3-11,22-23H,12-18,26H2,1-2H3/t22-,23-/m0/s1. The van der Waals surface area contributed by atoms with Crippen molar-refractivity contribution in [2.24, 2.45) is 11.7 Å². The molecule has 2 aromatic rings. The van der Waals surface area contributed by atoms with Crippen molar-refractivity contribution in [2.75, 3.05) is 33.7 Å². The van der Waals surface area contributed by atoms with Gasteiger partial charge in [-0.15, -0.1) is 0 Å². The predicted molar refractivity (Wildman–Crippen MR) is 118 cm³/mol. The van der Waals surface area contributed by atoms with Crippen LogP contribution in [-0.4, -0.2) is 49.4 Å². The summed E-state index contributed by atoms with van der Waals surface area (Å²) < 4.78 is 0. The third-order valence-electron chi connectivity index (χ3n) is 7.31. The number of carbonyl (C=O) groups excluding carboxylic acids is 1. The van der Waals surface area contributed by atoms with E-state index < -0.39 is 0 Å². The highest BCUT2D eigenvalue weighted by molar-refractivity contribution is 5.80. The Labute approximate surface area is 174 Å². The average molecular weight is 392 g/mol. The number of benzene rings is 2. The van der Waals surface area contributed by atoms with E-state index in [1.165, 1.54) is 16.7 Å². The molecule has 4 heteroatoms. The van der Waals surface area contributed by atoms with E-state index in [-0.39, 0.29) is 23.3 Å². The van der Waals surface area contributed by atoms with Crippen LogP contribution in [0.25, 0.3) is 0 Å². The fraction of sp³-hybridized carbons (Fsp3) is 0.480. The van der Waals surface area contributed by atoms with E-state index >= 15 is 0 Å². The highest BCUT2D eigenvalue weighted by Crippen LogP contribution is 2.41. The van der Waals surface area contributed by atoms with Gasteiger partial charge in [0.15, 0.2) is 0 Å². The van der Waals surface area contributed by atoms with Crippen molar-refractivity contribution in [2.45, 2.75) is 37.1 Å². The minimum Gasteiger partial charge on any atom is -0.342 e. The summed E-state index contributed by atoms with van der Waals surface area (Å²) in [5.74, 6) is 0.398. The number of carbonyl (C=O) groups is 1. The van der Waals surface area contributed by atoms with Crippen LogP contribution in [0, 0.1) is 5.92 Å². The summed E-state index contributed by atoms with van der Waals surface area (Å²) in [7, 11) is 4.31. The van der Waals surface area contributed by atoms with Gasteiger partial charge in [-0.25, -0.2) is 0 Å². The van der Waals surface area contributed by atoms with Crippen LogP contribution in [0.3, 0.4) is 0 Å². The van der Waals surface area contributed by atoms with E-state index in [1.807, 2.05) is 0 Å². The normalized spacial score (nSPS) is 21.8. The van der Waals surface area contributed by atoms with Crippen LogP contribution in [0.2, 0.25) is 0 Å². The fourth-order valence-corrected chi connectivity index (χ4v) is 5.52. The first kappa shape index (κ1) is 20.1. The van der Waals surface area contributed by atoms with Crippen molar-refractivity contribution < 1.29 is 4.79 Å². The van der Waals surface area contributed by atoms with Crippen molar-refractivity contribution in [3.05, 3.63) is 71.3 Å². The first-order valence-corrected chi connectivity index (χ1v) is 10.9. The van der Waals surface area contributed by atoms with E-state index in [0.29, 0.717) is 6.54 Å². The number of hydrogen-bond acceptors (Lipinski definition) is 3. The van der Waals surface area contributed by atoms with Gasteiger partial charge in [-0.2, -0.15) is 0 Å². The molecule has 0 aromatic heterocycles. The first-order valence-electron chi connectivity index (χ1n) is 10.9. The maximum Gasteiger partial charge on any atom is 0.227 e. The number of likely N-dealkylation sites (tertiary alicyclic amines) is 1. The highest BCUT2D eigenvalue weighted by atomic mass is 16.2. The number of nitrogens with zero attached hydrogens (tertiary/aromatic N) is 2. The Bertz CT molecular complexity index is 840. The van der Waals surface area contributed by atoms with Gasteiger partial charge in [-0.05, 0) is 62.4 Å². The maximum absolute atomic E-state index is 13.5. The van der Waals surface area contributed by atoms with E-state index in [4.69, 9.17) is 5.73 Å². The molecule has 2 aromatic carbocycles. The summed E-state index contributed by atoms with van der Waals surface area (Å²) in [5, 5.41) is 0. The van der Waals surface area contributed by atoms with Crippen molar-refractivity contribution >= 4 is 5.91 Å². The SMILES string of the molecule is CN(C)C1(c2ccccc2)CCN(C(=O)[C@@H](CN)[C@H]2CCc3ccccc32)CC1. The molecule has 0 spiro atoms. The minimum atomic E-state index is -0.109. The van der Waals surface area contributed by atoms with E-state index in [1.54, 1.807) is 0 Å². The first-order chi connectivity index (χ1) is 14.1. The van der Waals surface area contributed by atoms with Crippen molar-refractivity contribution in [3.8, 4) is 0 Å². The molecule has 1 fully saturated rings. The largest absolute Gasteiger partial charge is 0.342 e. The molecule has 0 radical (unpaired) electrons. The minimum absolute atomic E-state index is 0.00376. The fourth-order valence-electron chi connectivity index (χ4n) is 5.52. The van der Waals surface area contributed by atoms with Crippen LogP contribution in [0.1, 0.15) is 41.9 Å². The molecule has 4 rings (SSSR count). The number of nitrogens with two attached hydrogens (primary N) is 1. The van der Waals surface area contributed by atoms with Gasteiger partial charge >= 0.3 is 0 Å². The Morgan fingerprint density at radius 2 is 1.76 bits per heavy atom. The molecule has 2 N–H and O–H groups in total.